The highest BCUT2D eigenvalue weighted by atomic mass is 16.2. The molecule has 0 spiro atoms. The predicted octanol–water partition coefficient (Wildman–Crippen LogP) is 2.09. The minimum Gasteiger partial charge on any atom is -0.326 e. The summed E-state index contributed by atoms with van der Waals surface area (Å²) in [5, 5.41) is 7.73. The van der Waals surface area contributed by atoms with Crippen LogP contribution in [0.3, 0.4) is 0 Å². The Kier molecular flexibility index (Phi) is 5.21. The third-order valence-corrected chi connectivity index (χ3v) is 4.70. The average molecular weight is 344 g/mol. The Balaban J connectivity index is 1.56. The normalized spacial score (nSPS) is 23.6. The van der Waals surface area contributed by atoms with Crippen molar-refractivity contribution >= 4 is 23.7 Å². The van der Waals surface area contributed by atoms with E-state index in [9.17, 15) is 14.4 Å². The summed E-state index contributed by atoms with van der Waals surface area (Å²) in [5.74, 6) is 0.223. The van der Waals surface area contributed by atoms with Gasteiger partial charge in [0, 0.05) is 25.2 Å². The molecule has 7 nitrogen and oxygen atoms in total. The number of urea groups is 2. The summed E-state index contributed by atoms with van der Waals surface area (Å²) in [5.41, 5.74) is 1.65. The number of carbonyl (C=O) groups is 3. The van der Waals surface area contributed by atoms with E-state index in [1.165, 1.54) is 12.8 Å². The van der Waals surface area contributed by atoms with E-state index in [1.807, 2.05) is 29.2 Å². The largest absolute Gasteiger partial charge is 0.326 e. The van der Waals surface area contributed by atoms with Gasteiger partial charge < -0.3 is 15.5 Å². The molecule has 0 saturated carbocycles. The van der Waals surface area contributed by atoms with Crippen molar-refractivity contribution in [1.29, 1.82) is 0 Å². The van der Waals surface area contributed by atoms with Crippen LogP contribution in [-0.4, -0.2) is 42.0 Å². The van der Waals surface area contributed by atoms with Crippen molar-refractivity contribution in [2.75, 3.05) is 18.4 Å². The van der Waals surface area contributed by atoms with Crippen molar-refractivity contribution in [1.82, 2.24) is 15.5 Å². The predicted molar refractivity (Wildman–Crippen MR) is 94.2 cm³/mol. The molecule has 0 aliphatic carbocycles. The third kappa shape index (κ3) is 4.49. The van der Waals surface area contributed by atoms with Crippen LogP contribution in [0.25, 0.3) is 0 Å². The standard InChI is InChI=1S/C18H24N4O3/c1-12-4-2-3-9-22(11-12)18(25)19-14-7-5-13(6-8-14)10-15-16(23)21-17(24)20-15/h5-8,12,15H,2-4,9-11H2,1H3,(H,19,25)(H2,20,21,23,24)/t12-,15-/m0/s1. The number of hydrogen-bond acceptors (Lipinski definition) is 3. The summed E-state index contributed by atoms with van der Waals surface area (Å²) in [4.78, 5) is 37.0. The Morgan fingerprint density at radius 1 is 1.24 bits per heavy atom. The first-order valence-electron chi connectivity index (χ1n) is 8.77. The molecule has 0 aromatic heterocycles. The fourth-order valence-corrected chi connectivity index (χ4v) is 3.30. The smallest absolute Gasteiger partial charge is 0.322 e. The number of imide groups is 1. The van der Waals surface area contributed by atoms with Gasteiger partial charge in [-0.05, 0) is 36.5 Å². The number of rotatable bonds is 3. The van der Waals surface area contributed by atoms with E-state index in [0.717, 1.165) is 30.8 Å². The van der Waals surface area contributed by atoms with Crippen LogP contribution >= 0.6 is 0 Å². The molecule has 0 unspecified atom stereocenters. The van der Waals surface area contributed by atoms with Crippen LogP contribution < -0.4 is 16.0 Å². The lowest BCUT2D eigenvalue weighted by molar-refractivity contribution is -0.120. The lowest BCUT2D eigenvalue weighted by Crippen LogP contribution is -2.37. The minimum absolute atomic E-state index is 0.0658. The van der Waals surface area contributed by atoms with Gasteiger partial charge in [-0.1, -0.05) is 25.5 Å². The van der Waals surface area contributed by atoms with Crippen molar-refractivity contribution < 1.29 is 14.4 Å². The maximum absolute atomic E-state index is 12.4. The number of benzene rings is 1. The number of anilines is 1. The molecule has 5 amide bonds. The van der Waals surface area contributed by atoms with E-state index >= 15 is 0 Å². The van der Waals surface area contributed by atoms with Crippen molar-refractivity contribution in [3.63, 3.8) is 0 Å². The third-order valence-electron chi connectivity index (χ3n) is 4.70. The lowest BCUT2D eigenvalue weighted by atomic mass is 10.1. The Hall–Kier alpha value is -2.57. The monoisotopic (exact) mass is 344 g/mol. The Morgan fingerprint density at radius 3 is 2.68 bits per heavy atom. The molecule has 2 saturated heterocycles. The summed E-state index contributed by atoms with van der Waals surface area (Å²) < 4.78 is 0. The number of nitrogens with zero attached hydrogens (tertiary/aromatic N) is 1. The maximum atomic E-state index is 12.4. The first-order chi connectivity index (χ1) is 12.0. The highest BCUT2D eigenvalue weighted by Crippen LogP contribution is 2.18. The number of amides is 5. The van der Waals surface area contributed by atoms with Gasteiger partial charge in [0.25, 0.3) is 5.91 Å². The molecule has 134 valence electrons. The molecule has 2 atom stereocenters. The van der Waals surface area contributed by atoms with E-state index < -0.39 is 12.1 Å². The molecule has 7 heteroatoms. The second-order valence-corrected chi connectivity index (χ2v) is 6.89. The molecule has 3 N–H and O–H groups in total. The van der Waals surface area contributed by atoms with Crippen LogP contribution in [0.15, 0.2) is 24.3 Å². The molecule has 0 bridgehead atoms. The molecule has 25 heavy (non-hydrogen) atoms. The average Bonchev–Trinajstić information content (AvgIpc) is 2.76. The lowest BCUT2D eigenvalue weighted by Gasteiger charge is -2.23. The van der Waals surface area contributed by atoms with Crippen LogP contribution in [0.5, 0.6) is 0 Å². The van der Waals surface area contributed by atoms with E-state index in [2.05, 4.69) is 22.9 Å². The maximum Gasteiger partial charge on any atom is 0.322 e. The van der Waals surface area contributed by atoms with Gasteiger partial charge in [0.05, 0.1) is 0 Å². The minimum atomic E-state index is -0.536. The second-order valence-electron chi connectivity index (χ2n) is 6.89. The molecule has 2 heterocycles. The van der Waals surface area contributed by atoms with Gasteiger partial charge in [0.1, 0.15) is 6.04 Å². The molecule has 1 aromatic rings. The molecular formula is C18H24N4O3. The van der Waals surface area contributed by atoms with E-state index in [0.29, 0.717) is 12.3 Å². The van der Waals surface area contributed by atoms with E-state index in [4.69, 9.17) is 0 Å². The second kappa shape index (κ2) is 7.55. The van der Waals surface area contributed by atoms with Crippen LogP contribution in [0.1, 0.15) is 31.7 Å². The van der Waals surface area contributed by atoms with Crippen molar-refractivity contribution in [3.8, 4) is 0 Å². The van der Waals surface area contributed by atoms with Crippen LogP contribution in [-0.2, 0) is 11.2 Å². The fourth-order valence-electron chi connectivity index (χ4n) is 3.30. The number of nitrogens with one attached hydrogen (secondary N) is 3. The molecule has 2 aliphatic heterocycles. The Bertz CT molecular complexity index is 659. The van der Waals surface area contributed by atoms with Crippen molar-refractivity contribution in [2.45, 2.75) is 38.6 Å². The van der Waals surface area contributed by atoms with E-state index in [-0.39, 0.29) is 11.9 Å². The highest BCUT2D eigenvalue weighted by molar-refractivity contribution is 6.04. The van der Waals surface area contributed by atoms with Gasteiger partial charge in [-0.2, -0.15) is 0 Å². The van der Waals surface area contributed by atoms with Crippen LogP contribution in [0, 0.1) is 5.92 Å². The SMILES string of the molecule is C[C@H]1CCCCN(C(=O)Nc2ccc(C[C@@H]3NC(=O)NC3=O)cc2)C1. The van der Waals surface area contributed by atoms with Gasteiger partial charge in [-0.25, -0.2) is 9.59 Å². The molecule has 3 rings (SSSR count). The number of carbonyl (C=O) groups excluding carboxylic acids is 3. The van der Waals surface area contributed by atoms with E-state index in [1.54, 1.807) is 0 Å². The zero-order valence-electron chi connectivity index (χ0n) is 14.4. The summed E-state index contributed by atoms with van der Waals surface area (Å²) >= 11 is 0. The highest BCUT2D eigenvalue weighted by Gasteiger charge is 2.29. The van der Waals surface area contributed by atoms with Gasteiger partial charge in [-0.15, -0.1) is 0 Å². The fraction of sp³-hybridized carbons (Fsp3) is 0.500. The quantitative estimate of drug-likeness (QED) is 0.733. The van der Waals surface area contributed by atoms with Gasteiger partial charge in [0.2, 0.25) is 0 Å². The van der Waals surface area contributed by atoms with Crippen LogP contribution in [0.4, 0.5) is 15.3 Å². The Morgan fingerprint density at radius 2 is 2.00 bits per heavy atom. The first kappa shape index (κ1) is 17.3. The van der Waals surface area contributed by atoms with Gasteiger partial charge in [-0.3, -0.25) is 10.1 Å². The first-order valence-corrected chi connectivity index (χ1v) is 8.77. The topological polar surface area (TPSA) is 90.5 Å². The van der Waals surface area contributed by atoms with Crippen molar-refractivity contribution in [3.05, 3.63) is 29.8 Å². The molecule has 2 aliphatic rings. The van der Waals surface area contributed by atoms with Gasteiger partial charge in [0.15, 0.2) is 0 Å². The number of likely N-dealkylation sites (tertiary alicyclic amines) is 1. The van der Waals surface area contributed by atoms with Crippen LogP contribution in [0.2, 0.25) is 0 Å². The molecule has 1 aromatic carbocycles. The zero-order chi connectivity index (χ0) is 17.8. The summed E-state index contributed by atoms with van der Waals surface area (Å²) in [7, 11) is 0. The molecule has 0 radical (unpaired) electrons. The summed E-state index contributed by atoms with van der Waals surface area (Å²) in [6, 6.07) is 6.31. The van der Waals surface area contributed by atoms with Gasteiger partial charge >= 0.3 is 12.1 Å². The molecule has 2 fully saturated rings. The zero-order valence-corrected chi connectivity index (χ0v) is 14.4. The summed E-state index contributed by atoms with van der Waals surface area (Å²) in [6.07, 6.45) is 3.82. The number of hydrogen-bond donors (Lipinski definition) is 3. The summed E-state index contributed by atoms with van der Waals surface area (Å²) in [6.45, 7) is 3.77. The molecular weight excluding hydrogens is 320 g/mol. The Labute approximate surface area is 147 Å². The van der Waals surface area contributed by atoms with Crippen molar-refractivity contribution in [2.24, 2.45) is 5.92 Å².